The summed E-state index contributed by atoms with van der Waals surface area (Å²) in [7, 11) is 1.73. The second-order valence-electron chi connectivity index (χ2n) is 8.20. The van der Waals surface area contributed by atoms with Crippen molar-refractivity contribution in [3.05, 3.63) is 0 Å². The highest BCUT2D eigenvalue weighted by Crippen LogP contribution is 2.18. The Hall–Kier alpha value is 0.620. The van der Waals surface area contributed by atoms with E-state index in [2.05, 4.69) is 39.5 Å². The minimum Gasteiger partial charge on any atom is -0.380 e. The van der Waals surface area contributed by atoms with E-state index in [-0.39, 0.29) is 12.6 Å². The molecule has 0 aromatic heterocycles. The molecule has 0 N–H and O–H groups in total. The van der Waals surface area contributed by atoms with Gasteiger partial charge < -0.3 is 28.6 Å². The molecule has 0 aromatic carbocycles. The van der Waals surface area contributed by atoms with Crippen molar-refractivity contribution in [2.75, 3.05) is 83.9 Å². The highest BCUT2D eigenvalue weighted by atomic mass is 31.1. The molecule has 0 amide bonds. The molecule has 6 nitrogen and oxygen atoms in total. The van der Waals surface area contributed by atoms with Crippen LogP contribution in [0.15, 0.2) is 0 Å². The molecule has 0 aromatic rings. The SMILES string of the molecule is CCCOCCN(CCPCC(OCCC)OCCC)CCPCC(OCCC)OCCC. The third kappa shape index (κ3) is 22.8. The van der Waals surface area contributed by atoms with Gasteiger partial charge in [-0.05, 0) is 44.4 Å². The Morgan fingerprint density at radius 3 is 1.27 bits per heavy atom. The standard InChI is InChI=1S/C25H55NO5P2/c1-6-14-27-19-11-26(12-20-32-22-24(28-15-7-2)29-16-8-3)13-21-33-23-25(30-17-9-4)31-18-10-5/h24-25,32-33H,6-23H2,1-5H3. The summed E-state index contributed by atoms with van der Waals surface area (Å²) in [4.78, 5) is 2.57. The summed E-state index contributed by atoms with van der Waals surface area (Å²) >= 11 is 0. The third-order valence-corrected chi connectivity index (χ3v) is 7.16. The van der Waals surface area contributed by atoms with Crippen molar-refractivity contribution in [1.29, 1.82) is 0 Å². The zero-order valence-corrected chi connectivity index (χ0v) is 24.4. The van der Waals surface area contributed by atoms with Crippen LogP contribution in [0.5, 0.6) is 0 Å². The van der Waals surface area contributed by atoms with Gasteiger partial charge in [0.2, 0.25) is 0 Å². The van der Waals surface area contributed by atoms with E-state index in [4.69, 9.17) is 23.7 Å². The maximum absolute atomic E-state index is 5.88. The van der Waals surface area contributed by atoms with E-state index in [9.17, 15) is 0 Å². The first-order valence-corrected chi connectivity index (χ1v) is 16.2. The van der Waals surface area contributed by atoms with Gasteiger partial charge in [0.1, 0.15) is 0 Å². The van der Waals surface area contributed by atoms with Crippen LogP contribution in [0.1, 0.15) is 66.7 Å². The Bertz CT molecular complexity index is 339. The Balaban J connectivity index is 4.33. The molecule has 2 atom stereocenters. The van der Waals surface area contributed by atoms with E-state index in [0.29, 0.717) is 0 Å². The van der Waals surface area contributed by atoms with Crippen molar-refractivity contribution in [3.8, 4) is 0 Å². The molecule has 0 rings (SSSR count). The van der Waals surface area contributed by atoms with Crippen LogP contribution in [0.4, 0.5) is 0 Å². The summed E-state index contributed by atoms with van der Waals surface area (Å²) in [5.41, 5.74) is 0. The normalized spacial score (nSPS) is 12.7. The van der Waals surface area contributed by atoms with Gasteiger partial charge in [-0.15, -0.1) is 17.2 Å². The van der Waals surface area contributed by atoms with Gasteiger partial charge in [-0.3, -0.25) is 0 Å². The lowest BCUT2D eigenvalue weighted by molar-refractivity contribution is -0.127. The predicted molar refractivity (Wildman–Crippen MR) is 146 cm³/mol. The van der Waals surface area contributed by atoms with Crippen molar-refractivity contribution in [3.63, 3.8) is 0 Å². The summed E-state index contributed by atoms with van der Waals surface area (Å²) < 4.78 is 29.3. The fourth-order valence-electron chi connectivity index (χ4n) is 3.02. The number of nitrogens with zero attached hydrogens (tertiary/aromatic N) is 1. The van der Waals surface area contributed by atoms with Crippen molar-refractivity contribution >= 4 is 17.2 Å². The second-order valence-corrected chi connectivity index (χ2v) is 11.0. The molecule has 0 saturated heterocycles. The van der Waals surface area contributed by atoms with Crippen molar-refractivity contribution in [2.45, 2.75) is 79.3 Å². The topological polar surface area (TPSA) is 49.4 Å². The molecule has 2 unspecified atom stereocenters. The number of hydrogen-bond donors (Lipinski definition) is 0. The van der Waals surface area contributed by atoms with Gasteiger partial charge in [-0.1, -0.05) is 34.6 Å². The molecule has 0 fully saturated rings. The van der Waals surface area contributed by atoms with E-state index in [1.54, 1.807) is 0 Å². The van der Waals surface area contributed by atoms with E-state index in [0.717, 1.165) is 121 Å². The Morgan fingerprint density at radius 1 is 0.515 bits per heavy atom. The van der Waals surface area contributed by atoms with Crippen molar-refractivity contribution in [1.82, 2.24) is 4.90 Å². The summed E-state index contributed by atoms with van der Waals surface area (Å²) in [6.45, 7) is 18.8. The number of ether oxygens (including phenoxy) is 5. The molecule has 0 aliphatic rings. The molecule has 0 radical (unpaired) electrons. The third-order valence-electron chi connectivity index (χ3n) is 4.76. The van der Waals surface area contributed by atoms with Crippen LogP contribution in [0.2, 0.25) is 0 Å². The summed E-state index contributed by atoms with van der Waals surface area (Å²) in [6.07, 6.45) is 9.56. The first kappa shape index (κ1) is 33.6. The average Bonchev–Trinajstić information content (AvgIpc) is 2.83. The molecule has 33 heavy (non-hydrogen) atoms. The van der Waals surface area contributed by atoms with Gasteiger partial charge in [0.05, 0.1) is 6.61 Å². The Labute approximate surface area is 209 Å². The van der Waals surface area contributed by atoms with Crippen LogP contribution >= 0.6 is 17.2 Å². The van der Waals surface area contributed by atoms with Crippen LogP contribution in [0.3, 0.4) is 0 Å². The van der Waals surface area contributed by atoms with Crippen LogP contribution in [-0.2, 0) is 23.7 Å². The fraction of sp³-hybridized carbons (Fsp3) is 1.00. The Morgan fingerprint density at radius 2 is 0.909 bits per heavy atom. The zero-order valence-electron chi connectivity index (χ0n) is 22.4. The monoisotopic (exact) mass is 511 g/mol. The number of rotatable bonds is 27. The maximum Gasteiger partial charge on any atom is 0.161 e. The molecular weight excluding hydrogens is 456 g/mol. The van der Waals surface area contributed by atoms with Gasteiger partial charge in [0.25, 0.3) is 0 Å². The second kappa shape index (κ2) is 27.2. The first-order valence-electron chi connectivity index (χ1n) is 13.4. The van der Waals surface area contributed by atoms with Gasteiger partial charge in [0.15, 0.2) is 12.6 Å². The van der Waals surface area contributed by atoms with E-state index in [1.165, 1.54) is 12.3 Å². The number of hydrogen-bond acceptors (Lipinski definition) is 6. The minimum atomic E-state index is -0.0331. The quantitative estimate of drug-likeness (QED) is 0.0833. The van der Waals surface area contributed by atoms with Crippen LogP contribution < -0.4 is 0 Å². The molecule has 0 saturated carbocycles. The van der Waals surface area contributed by atoms with Gasteiger partial charge in [-0.25, -0.2) is 0 Å². The lowest BCUT2D eigenvalue weighted by Gasteiger charge is -2.24. The molecule has 0 spiro atoms. The predicted octanol–water partition coefficient (Wildman–Crippen LogP) is 5.43. The van der Waals surface area contributed by atoms with E-state index >= 15 is 0 Å². The van der Waals surface area contributed by atoms with E-state index < -0.39 is 0 Å². The maximum atomic E-state index is 5.88. The van der Waals surface area contributed by atoms with Crippen molar-refractivity contribution < 1.29 is 23.7 Å². The van der Waals surface area contributed by atoms with E-state index in [1.807, 2.05) is 0 Å². The molecule has 0 aliphatic heterocycles. The smallest absolute Gasteiger partial charge is 0.161 e. The fourth-order valence-corrected chi connectivity index (χ4v) is 5.32. The zero-order chi connectivity index (χ0) is 24.4. The van der Waals surface area contributed by atoms with Crippen LogP contribution in [0, 0.1) is 0 Å². The molecule has 0 bridgehead atoms. The molecule has 200 valence electrons. The summed E-state index contributed by atoms with van der Waals surface area (Å²) in [5.74, 6) is 0. The van der Waals surface area contributed by atoms with Gasteiger partial charge in [0, 0.05) is 65.0 Å². The highest BCUT2D eigenvalue weighted by molar-refractivity contribution is 7.38. The van der Waals surface area contributed by atoms with Crippen LogP contribution in [-0.4, -0.2) is 101 Å². The van der Waals surface area contributed by atoms with Gasteiger partial charge in [-0.2, -0.15) is 0 Å². The largest absolute Gasteiger partial charge is 0.380 e. The van der Waals surface area contributed by atoms with Crippen LogP contribution in [0.25, 0.3) is 0 Å². The molecular formula is C25H55NO5P2. The minimum absolute atomic E-state index is 0.0331. The lowest BCUT2D eigenvalue weighted by atomic mass is 10.5. The molecule has 0 heterocycles. The van der Waals surface area contributed by atoms with Crippen molar-refractivity contribution in [2.24, 2.45) is 0 Å². The Kier molecular flexibility index (Phi) is 27.7. The van der Waals surface area contributed by atoms with Gasteiger partial charge >= 0.3 is 0 Å². The average molecular weight is 512 g/mol. The highest BCUT2D eigenvalue weighted by Gasteiger charge is 2.12. The summed E-state index contributed by atoms with van der Waals surface area (Å²) in [5, 5.41) is 0. The lowest BCUT2D eigenvalue weighted by Crippen LogP contribution is -2.32. The first-order chi connectivity index (χ1) is 16.2. The summed E-state index contributed by atoms with van der Waals surface area (Å²) in [6, 6.07) is 0. The molecule has 8 heteroatoms. The molecule has 0 aliphatic carbocycles.